The van der Waals surface area contributed by atoms with Crippen molar-refractivity contribution in [2.75, 3.05) is 0 Å². The summed E-state index contributed by atoms with van der Waals surface area (Å²) in [6, 6.07) is 7.94. The van der Waals surface area contributed by atoms with Crippen molar-refractivity contribution >= 4 is 17.7 Å². The number of allylic oxidation sites excluding steroid dienone is 3. The lowest BCUT2D eigenvalue weighted by molar-refractivity contribution is 0.404. The molecule has 2 heteroatoms. The molecule has 0 bridgehead atoms. The third-order valence-electron chi connectivity index (χ3n) is 2.35. The molecule has 1 aliphatic rings. The van der Waals surface area contributed by atoms with Crippen LogP contribution in [0.25, 0.3) is 6.08 Å². The van der Waals surface area contributed by atoms with Gasteiger partial charge in [0.05, 0.1) is 5.38 Å². The summed E-state index contributed by atoms with van der Waals surface area (Å²) in [5.41, 5.74) is 1.09. The Kier molecular flexibility index (Phi) is 3.12. The van der Waals surface area contributed by atoms with E-state index in [0.717, 1.165) is 23.5 Å². The van der Waals surface area contributed by atoms with Gasteiger partial charge in [-0.25, -0.2) is 0 Å². The van der Waals surface area contributed by atoms with E-state index in [1.54, 1.807) is 0 Å². The highest BCUT2D eigenvalue weighted by atomic mass is 35.5. The van der Waals surface area contributed by atoms with Gasteiger partial charge in [0, 0.05) is 5.56 Å². The van der Waals surface area contributed by atoms with E-state index >= 15 is 0 Å². The Morgan fingerprint density at radius 1 is 1.33 bits per heavy atom. The van der Waals surface area contributed by atoms with Gasteiger partial charge in [-0.05, 0) is 18.6 Å². The van der Waals surface area contributed by atoms with Crippen LogP contribution in [0, 0.1) is 0 Å². The first-order valence-corrected chi connectivity index (χ1v) is 5.54. The van der Waals surface area contributed by atoms with Gasteiger partial charge in [0.1, 0.15) is 11.5 Å². The number of benzene rings is 1. The first-order chi connectivity index (χ1) is 7.31. The second kappa shape index (κ2) is 4.54. The lowest BCUT2D eigenvalue weighted by Crippen LogP contribution is -2.08. The second-order valence-electron chi connectivity index (χ2n) is 3.44. The molecule has 1 unspecified atom stereocenters. The van der Waals surface area contributed by atoms with Crippen LogP contribution in [0.15, 0.2) is 42.2 Å². The smallest absolute Gasteiger partial charge is 0.134 e. The van der Waals surface area contributed by atoms with Crippen molar-refractivity contribution in [3.05, 3.63) is 47.7 Å². The third kappa shape index (κ3) is 2.24. The largest absolute Gasteiger partial charge is 0.460 e. The molecule has 0 radical (unpaired) electrons. The van der Waals surface area contributed by atoms with Gasteiger partial charge in [-0.2, -0.15) is 0 Å². The van der Waals surface area contributed by atoms with Gasteiger partial charge in [-0.1, -0.05) is 37.3 Å². The molecule has 1 heterocycles. The Morgan fingerprint density at radius 3 is 2.93 bits per heavy atom. The van der Waals surface area contributed by atoms with Gasteiger partial charge < -0.3 is 4.74 Å². The monoisotopic (exact) mass is 220 g/mol. The highest BCUT2D eigenvalue weighted by Crippen LogP contribution is 2.27. The molecular weight excluding hydrogens is 208 g/mol. The molecule has 0 fully saturated rings. The van der Waals surface area contributed by atoms with Gasteiger partial charge >= 0.3 is 0 Å². The molecule has 0 saturated carbocycles. The molecular formula is C13H13ClO. The van der Waals surface area contributed by atoms with E-state index in [1.807, 2.05) is 49.4 Å². The SMILES string of the molecule is CCC(Cl)C1=CC=Cc2ccccc2O1. The molecule has 1 nitrogen and oxygen atoms in total. The minimum absolute atomic E-state index is 0.0548. The maximum absolute atomic E-state index is 6.16. The van der Waals surface area contributed by atoms with Crippen LogP contribution in [0.4, 0.5) is 0 Å². The number of ether oxygens (including phenoxy) is 1. The summed E-state index contributed by atoms with van der Waals surface area (Å²) in [5, 5.41) is -0.0548. The van der Waals surface area contributed by atoms with Crippen molar-refractivity contribution in [3.63, 3.8) is 0 Å². The predicted molar refractivity (Wildman–Crippen MR) is 64.1 cm³/mol. The van der Waals surface area contributed by atoms with Crippen LogP contribution in [0.3, 0.4) is 0 Å². The van der Waals surface area contributed by atoms with Crippen molar-refractivity contribution in [3.8, 4) is 5.75 Å². The molecule has 0 aromatic heterocycles. The number of rotatable bonds is 2. The van der Waals surface area contributed by atoms with E-state index in [-0.39, 0.29) is 5.38 Å². The maximum Gasteiger partial charge on any atom is 0.134 e. The molecule has 1 aliphatic heterocycles. The number of alkyl halides is 1. The number of halogens is 1. The van der Waals surface area contributed by atoms with E-state index in [0.29, 0.717) is 0 Å². The molecule has 15 heavy (non-hydrogen) atoms. The standard InChI is InChI=1S/C13H13ClO/c1-2-11(14)13-9-5-7-10-6-3-4-8-12(10)15-13/h3-9,11H,2H2,1H3. The van der Waals surface area contributed by atoms with E-state index in [9.17, 15) is 0 Å². The van der Waals surface area contributed by atoms with Crippen LogP contribution >= 0.6 is 11.6 Å². The quantitative estimate of drug-likeness (QED) is 0.685. The number of hydrogen-bond donors (Lipinski definition) is 0. The molecule has 0 N–H and O–H groups in total. The van der Waals surface area contributed by atoms with Crippen LogP contribution in [-0.2, 0) is 0 Å². The fraction of sp³-hybridized carbons (Fsp3) is 0.231. The van der Waals surface area contributed by atoms with Crippen molar-refractivity contribution in [1.29, 1.82) is 0 Å². The zero-order valence-corrected chi connectivity index (χ0v) is 9.37. The zero-order valence-electron chi connectivity index (χ0n) is 8.61. The zero-order chi connectivity index (χ0) is 10.7. The molecule has 0 spiro atoms. The molecule has 0 amide bonds. The number of fused-ring (bicyclic) bond motifs is 1. The van der Waals surface area contributed by atoms with Crippen LogP contribution < -0.4 is 4.74 Å². The van der Waals surface area contributed by atoms with Gasteiger partial charge in [0.2, 0.25) is 0 Å². The minimum atomic E-state index is -0.0548. The first kappa shape index (κ1) is 10.3. The Balaban J connectivity index is 2.31. The molecule has 1 aromatic carbocycles. The third-order valence-corrected chi connectivity index (χ3v) is 2.87. The Labute approximate surface area is 95.0 Å². The maximum atomic E-state index is 6.16. The van der Waals surface area contributed by atoms with Gasteiger partial charge in [0.25, 0.3) is 0 Å². The van der Waals surface area contributed by atoms with E-state index in [4.69, 9.17) is 16.3 Å². The average molecular weight is 221 g/mol. The average Bonchev–Trinajstić information content (AvgIpc) is 2.49. The van der Waals surface area contributed by atoms with E-state index in [1.165, 1.54) is 0 Å². The highest BCUT2D eigenvalue weighted by molar-refractivity contribution is 6.22. The summed E-state index contributed by atoms with van der Waals surface area (Å²) in [7, 11) is 0. The lowest BCUT2D eigenvalue weighted by atomic mass is 10.2. The molecule has 0 saturated heterocycles. The fourth-order valence-corrected chi connectivity index (χ4v) is 1.61. The molecule has 1 aromatic rings. The van der Waals surface area contributed by atoms with E-state index in [2.05, 4.69) is 0 Å². The first-order valence-electron chi connectivity index (χ1n) is 5.10. The van der Waals surface area contributed by atoms with Gasteiger partial charge in [0.15, 0.2) is 0 Å². The number of para-hydroxylation sites is 1. The Morgan fingerprint density at radius 2 is 2.13 bits per heavy atom. The van der Waals surface area contributed by atoms with Crippen LogP contribution in [0.1, 0.15) is 18.9 Å². The van der Waals surface area contributed by atoms with Crippen LogP contribution in [-0.4, -0.2) is 5.38 Å². The highest BCUT2D eigenvalue weighted by Gasteiger charge is 2.13. The summed E-state index contributed by atoms with van der Waals surface area (Å²) >= 11 is 6.16. The summed E-state index contributed by atoms with van der Waals surface area (Å²) in [6.07, 6.45) is 6.80. The van der Waals surface area contributed by atoms with Crippen molar-refractivity contribution in [1.82, 2.24) is 0 Å². The molecule has 1 atom stereocenters. The summed E-state index contributed by atoms with van der Waals surface area (Å²) in [5.74, 6) is 1.69. The van der Waals surface area contributed by atoms with Crippen LogP contribution in [0.5, 0.6) is 5.75 Å². The van der Waals surface area contributed by atoms with Crippen LogP contribution in [0.2, 0.25) is 0 Å². The van der Waals surface area contributed by atoms with Gasteiger partial charge in [-0.3, -0.25) is 0 Å². The lowest BCUT2D eigenvalue weighted by Gasteiger charge is -2.13. The van der Waals surface area contributed by atoms with E-state index < -0.39 is 0 Å². The summed E-state index contributed by atoms with van der Waals surface area (Å²) in [6.45, 7) is 2.04. The molecule has 78 valence electrons. The second-order valence-corrected chi connectivity index (χ2v) is 3.97. The minimum Gasteiger partial charge on any atom is -0.460 e. The van der Waals surface area contributed by atoms with Crippen molar-refractivity contribution in [2.24, 2.45) is 0 Å². The normalized spacial score (nSPS) is 16.0. The van der Waals surface area contributed by atoms with Gasteiger partial charge in [-0.15, -0.1) is 11.6 Å². The molecule has 0 aliphatic carbocycles. The molecule has 2 rings (SSSR count). The summed E-state index contributed by atoms with van der Waals surface area (Å²) in [4.78, 5) is 0. The topological polar surface area (TPSA) is 9.23 Å². The Bertz CT molecular complexity index is 407. The van der Waals surface area contributed by atoms with Crippen molar-refractivity contribution < 1.29 is 4.74 Å². The number of hydrogen-bond acceptors (Lipinski definition) is 1. The Hall–Kier alpha value is -1.21. The van der Waals surface area contributed by atoms with Crippen molar-refractivity contribution in [2.45, 2.75) is 18.7 Å². The summed E-state index contributed by atoms with van der Waals surface area (Å²) < 4.78 is 5.78. The fourth-order valence-electron chi connectivity index (χ4n) is 1.49. The predicted octanol–water partition coefficient (Wildman–Crippen LogP) is 3.99.